The quantitative estimate of drug-likeness (QED) is 0.544. The minimum atomic E-state index is -0.512. The van der Waals surface area contributed by atoms with Gasteiger partial charge in [-0.25, -0.2) is 4.39 Å². The lowest BCUT2D eigenvalue weighted by molar-refractivity contribution is -0.144. The zero-order chi connectivity index (χ0) is 23.0. The molecule has 0 spiro atoms. The molecule has 0 saturated carbocycles. The topological polar surface area (TPSA) is 67.9 Å². The number of amides is 2. The molecule has 0 aliphatic carbocycles. The summed E-state index contributed by atoms with van der Waals surface area (Å²) in [5.74, 6) is -0.332. The highest BCUT2D eigenvalue weighted by atomic mass is 19.1. The van der Waals surface area contributed by atoms with Gasteiger partial charge in [0.05, 0.1) is 5.92 Å². The highest BCUT2D eigenvalue weighted by Crippen LogP contribution is 2.19. The van der Waals surface area contributed by atoms with Gasteiger partial charge in [-0.2, -0.15) is 0 Å². The van der Waals surface area contributed by atoms with E-state index in [-0.39, 0.29) is 30.1 Å². The summed E-state index contributed by atoms with van der Waals surface area (Å²) < 4.78 is 24.6. The molecule has 0 radical (unpaired) electrons. The summed E-state index contributed by atoms with van der Waals surface area (Å²) in [7, 11) is 0. The van der Waals surface area contributed by atoms with Crippen molar-refractivity contribution in [1.82, 2.24) is 10.2 Å². The van der Waals surface area contributed by atoms with Gasteiger partial charge in [0.15, 0.2) is 18.2 Å². The number of nitrogens with zero attached hydrogens (tertiary/aromatic N) is 1. The van der Waals surface area contributed by atoms with Gasteiger partial charge in [-0.3, -0.25) is 9.59 Å². The predicted molar refractivity (Wildman–Crippen MR) is 121 cm³/mol. The Labute approximate surface area is 191 Å². The molecule has 1 aliphatic rings. The fourth-order valence-corrected chi connectivity index (χ4v) is 3.42. The zero-order valence-electron chi connectivity index (χ0n) is 18.1. The molecule has 0 aromatic heterocycles. The lowest BCUT2D eigenvalue weighted by Crippen LogP contribution is -2.56. The Morgan fingerprint density at radius 3 is 2.30 bits per heavy atom. The number of rotatable bonds is 9. The summed E-state index contributed by atoms with van der Waals surface area (Å²) in [4.78, 5) is 26.1. The smallest absolute Gasteiger partial charge is 0.260 e. The zero-order valence-corrected chi connectivity index (χ0v) is 18.1. The fourth-order valence-electron chi connectivity index (χ4n) is 3.42. The molecule has 3 aromatic rings. The van der Waals surface area contributed by atoms with Crippen molar-refractivity contribution in [3.05, 3.63) is 95.8 Å². The third-order valence-electron chi connectivity index (χ3n) is 5.43. The maximum Gasteiger partial charge on any atom is 0.260 e. The second kappa shape index (κ2) is 10.6. The van der Waals surface area contributed by atoms with Gasteiger partial charge in [0.2, 0.25) is 5.91 Å². The average Bonchev–Trinajstić information content (AvgIpc) is 2.81. The van der Waals surface area contributed by atoms with Crippen molar-refractivity contribution in [3.8, 4) is 11.5 Å². The molecule has 0 bridgehead atoms. The van der Waals surface area contributed by atoms with Crippen LogP contribution in [-0.4, -0.2) is 36.4 Å². The lowest BCUT2D eigenvalue weighted by atomic mass is 9.99. The molecule has 33 heavy (non-hydrogen) atoms. The number of benzene rings is 3. The molecule has 1 saturated heterocycles. The van der Waals surface area contributed by atoms with Crippen LogP contribution in [0.5, 0.6) is 11.5 Å². The number of hydrogen-bond acceptors (Lipinski definition) is 4. The number of hydrogen-bond donors (Lipinski definition) is 1. The molecule has 4 rings (SSSR count). The standard InChI is InChI=1S/C26H25FN2O4/c27-23-8-4-5-9-24(23)33-18-25(30)29-15-21(16-29)26(31)28-14-19-10-12-22(13-11-19)32-17-20-6-2-1-3-7-20/h1-13,21H,14-18H2,(H,28,31). The fraction of sp³-hybridized carbons (Fsp3) is 0.231. The maximum absolute atomic E-state index is 13.6. The van der Waals surface area contributed by atoms with E-state index in [9.17, 15) is 14.0 Å². The van der Waals surface area contributed by atoms with Crippen molar-refractivity contribution in [1.29, 1.82) is 0 Å². The molecule has 1 fully saturated rings. The Morgan fingerprint density at radius 1 is 0.879 bits per heavy atom. The van der Waals surface area contributed by atoms with Crippen molar-refractivity contribution >= 4 is 11.8 Å². The van der Waals surface area contributed by atoms with Crippen LogP contribution in [-0.2, 0) is 22.7 Å². The van der Waals surface area contributed by atoms with E-state index in [0.29, 0.717) is 26.2 Å². The normalized spacial score (nSPS) is 13.2. The molecule has 6 nitrogen and oxygen atoms in total. The Hall–Kier alpha value is -3.87. The van der Waals surface area contributed by atoms with Gasteiger partial charge >= 0.3 is 0 Å². The number of carbonyl (C=O) groups is 2. The number of para-hydroxylation sites is 1. The Balaban J connectivity index is 1.15. The Kier molecular flexibility index (Phi) is 7.19. The van der Waals surface area contributed by atoms with Crippen LogP contribution in [0.15, 0.2) is 78.9 Å². The lowest BCUT2D eigenvalue weighted by Gasteiger charge is -2.38. The van der Waals surface area contributed by atoms with E-state index in [1.54, 1.807) is 12.1 Å². The third kappa shape index (κ3) is 6.10. The van der Waals surface area contributed by atoms with Gasteiger partial charge in [0.1, 0.15) is 12.4 Å². The van der Waals surface area contributed by atoms with E-state index >= 15 is 0 Å². The van der Waals surface area contributed by atoms with Gasteiger partial charge in [-0.1, -0.05) is 54.6 Å². The summed E-state index contributed by atoms with van der Waals surface area (Å²) >= 11 is 0. The van der Waals surface area contributed by atoms with Crippen molar-refractivity contribution < 1.29 is 23.5 Å². The van der Waals surface area contributed by atoms with Gasteiger partial charge in [0, 0.05) is 19.6 Å². The van der Waals surface area contributed by atoms with E-state index in [1.807, 2.05) is 54.6 Å². The van der Waals surface area contributed by atoms with Gasteiger partial charge in [-0.15, -0.1) is 0 Å². The molecule has 0 unspecified atom stereocenters. The molecule has 1 heterocycles. The average molecular weight is 448 g/mol. The van der Waals surface area contributed by atoms with Gasteiger partial charge < -0.3 is 19.7 Å². The summed E-state index contributed by atoms with van der Waals surface area (Å²) in [5.41, 5.74) is 2.06. The molecule has 1 aliphatic heterocycles. The van der Waals surface area contributed by atoms with Crippen LogP contribution in [0.3, 0.4) is 0 Å². The first kappa shape index (κ1) is 22.3. The van der Waals surface area contributed by atoms with Crippen molar-refractivity contribution in [2.45, 2.75) is 13.2 Å². The van der Waals surface area contributed by atoms with Crippen LogP contribution >= 0.6 is 0 Å². The molecule has 7 heteroatoms. The number of ether oxygens (including phenoxy) is 2. The maximum atomic E-state index is 13.6. The molecular weight excluding hydrogens is 423 g/mol. The van der Waals surface area contributed by atoms with Crippen LogP contribution in [0.25, 0.3) is 0 Å². The third-order valence-corrected chi connectivity index (χ3v) is 5.43. The number of carbonyl (C=O) groups excluding carboxylic acids is 2. The summed E-state index contributed by atoms with van der Waals surface area (Å²) in [6.45, 7) is 1.31. The minimum absolute atomic E-state index is 0.0390. The molecule has 0 atom stereocenters. The van der Waals surface area contributed by atoms with Crippen molar-refractivity contribution in [3.63, 3.8) is 0 Å². The van der Waals surface area contributed by atoms with E-state index in [4.69, 9.17) is 9.47 Å². The van der Waals surface area contributed by atoms with E-state index in [1.165, 1.54) is 17.0 Å². The van der Waals surface area contributed by atoms with E-state index in [2.05, 4.69) is 5.32 Å². The first-order valence-electron chi connectivity index (χ1n) is 10.8. The number of halogens is 1. The first-order chi connectivity index (χ1) is 16.1. The first-order valence-corrected chi connectivity index (χ1v) is 10.8. The van der Waals surface area contributed by atoms with Crippen LogP contribution < -0.4 is 14.8 Å². The van der Waals surface area contributed by atoms with Crippen LogP contribution in [0.1, 0.15) is 11.1 Å². The number of nitrogens with one attached hydrogen (secondary N) is 1. The Morgan fingerprint density at radius 2 is 1.58 bits per heavy atom. The molecular formula is C26H25FN2O4. The summed E-state index contributed by atoms with van der Waals surface area (Å²) in [6.07, 6.45) is 0. The Bertz CT molecular complexity index is 1080. The van der Waals surface area contributed by atoms with Crippen molar-refractivity contribution in [2.24, 2.45) is 5.92 Å². The molecule has 2 amide bonds. The van der Waals surface area contributed by atoms with E-state index in [0.717, 1.165) is 16.9 Å². The highest BCUT2D eigenvalue weighted by Gasteiger charge is 2.35. The minimum Gasteiger partial charge on any atom is -0.489 e. The van der Waals surface area contributed by atoms with Crippen molar-refractivity contribution in [2.75, 3.05) is 19.7 Å². The highest BCUT2D eigenvalue weighted by molar-refractivity contribution is 5.85. The second-order valence-corrected chi connectivity index (χ2v) is 7.85. The number of likely N-dealkylation sites (tertiary alicyclic amines) is 1. The van der Waals surface area contributed by atoms with Gasteiger partial charge in [0.25, 0.3) is 5.91 Å². The largest absolute Gasteiger partial charge is 0.489 e. The van der Waals surface area contributed by atoms with Crippen LogP contribution in [0, 0.1) is 11.7 Å². The predicted octanol–water partition coefficient (Wildman–Crippen LogP) is 3.56. The van der Waals surface area contributed by atoms with E-state index < -0.39 is 5.82 Å². The summed E-state index contributed by atoms with van der Waals surface area (Å²) in [6, 6.07) is 23.4. The molecule has 170 valence electrons. The van der Waals surface area contributed by atoms with Crippen LogP contribution in [0.4, 0.5) is 4.39 Å². The van der Waals surface area contributed by atoms with Crippen LogP contribution in [0.2, 0.25) is 0 Å². The molecule has 1 N–H and O–H groups in total. The SMILES string of the molecule is O=C(NCc1ccc(OCc2ccccc2)cc1)C1CN(C(=O)COc2ccccc2F)C1. The van der Waals surface area contributed by atoms with Gasteiger partial charge in [-0.05, 0) is 35.4 Å². The monoisotopic (exact) mass is 448 g/mol. The molecule has 3 aromatic carbocycles. The summed E-state index contributed by atoms with van der Waals surface area (Å²) in [5, 5.41) is 2.90. The second-order valence-electron chi connectivity index (χ2n) is 7.85.